The first kappa shape index (κ1) is 15.8. The Hall–Kier alpha value is -2.66. The van der Waals surface area contributed by atoms with E-state index in [1.54, 1.807) is 0 Å². The second kappa shape index (κ2) is 6.69. The van der Waals surface area contributed by atoms with Crippen molar-refractivity contribution in [2.75, 3.05) is 26.2 Å². The van der Waals surface area contributed by atoms with E-state index < -0.39 is 0 Å². The maximum Gasteiger partial charge on any atom is 0.254 e. The van der Waals surface area contributed by atoms with Crippen LogP contribution >= 0.6 is 0 Å². The molecule has 3 aromatic rings. The summed E-state index contributed by atoms with van der Waals surface area (Å²) in [5, 5.41) is 6.34. The Labute approximate surface area is 146 Å². The first-order valence-corrected chi connectivity index (χ1v) is 8.73. The molecule has 1 saturated heterocycles. The molecule has 128 valence electrons. The summed E-state index contributed by atoms with van der Waals surface area (Å²) in [6.45, 7) is 6.19. The van der Waals surface area contributed by atoms with Crippen molar-refractivity contribution in [2.24, 2.45) is 0 Å². The number of amides is 1. The van der Waals surface area contributed by atoms with E-state index in [4.69, 9.17) is 4.52 Å². The van der Waals surface area contributed by atoms with Crippen LogP contribution in [0.4, 0.5) is 0 Å². The molecule has 1 aliphatic rings. The van der Waals surface area contributed by atoms with E-state index in [-0.39, 0.29) is 5.91 Å². The zero-order chi connectivity index (χ0) is 17.2. The molecule has 1 aliphatic heterocycles. The molecule has 0 aliphatic carbocycles. The van der Waals surface area contributed by atoms with E-state index in [0.29, 0.717) is 0 Å². The van der Waals surface area contributed by atoms with Gasteiger partial charge in [0.15, 0.2) is 0 Å². The number of aryl methyl sites for hydroxylation is 1. The molecule has 0 saturated carbocycles. The number of quaternary nitrogens is 1. The van der Waals surface area contributed by atoms with Crippen LogP contribution in [0.3, 0.4) is 0 Å². The van der Waals surface area contributed by atoms with Crippen molar-refractivity contribution in [2.45, 2.75) is 13.5 Å². The molecule has 0 spiro atoms. The largest absolute Gasteiger partial charge is 0.361 e. The number of benzene rings is 2. The van der Waals surface area contributed by atoms with Gasteiger partial charge in [-0.3, -0.25) is 4.79 Å². The lowest BCUT2D eigenvalue weighted by molar-refractivity contribution is -0.917. The molecule has 0 unspecified atom stereocenters. The van der Waals surface area contributed by atoms with Crippen LogP contribution in [0, 0.1) is 6.92 Å². The molecule has 25 heavy (non-hydrogen) atoms. The Morgan fingerprint density at radius 1 is 1.12 bits per heavy atom. The van der Waals surface area contributed by atoms with Crippen LogP contribution in [-0.2, 0) is 6.54 Å². The fourth-order valence-corrected chi connectivity index (χ4v) is 3.47. The number of piperazine rings is 1. The minimum absolute atomic E-state index is 0.127. The number of nitrogens with one attached hydrogen (secondary N) is 1. The summed E-state index contributed by atoms with van der Waals surface area (Å²) in [6.07, 6.45) is 0. The SMILES string of the molecule is Cc1cc(C[NH+]2CCN(C(=O)c3ccc4ccccc4c3)CC2)no1. The van der Waals surface area contributed by atoms with Crippen molar-refractivity contribution in [1.29, 1.82) is 0 Å². The lowest BCUT2D eigenvalue weighted by Crippen LogP contribution is -3.13. The molecule has 1 fully saturated rings. The van der Waals surface area contributed by atoms with E-state index in [1.165, 1.54) is 4.90 Å². The lowest BCUT2D eigenvalue weighted by atomic mass is 10.1. The molecule has 2 heterocycles. The van der Waals surface area contributed by atoms with Gasteiger partial charge in [-0.1, -0.05) is 35.5 Å². The van der Waals surface area contributed by atoms with Crippen molar-refractivity contribution in [3.8, 4) is 0 Å². The standard InChI is InChI=1S/C20H21N3O2/c1-15-12-19(21-25-15)14-22-8-10-23(11-9-22)20(24)18-7-6-16-4-2-3-5-17(16)13-18/h2-7,12-13H,8-11,14H2,1H3/p+1. The highest BCUT2D eigenvalue weighted by atomic mass is 16.5. The number of hydrogen-bond donors (Lipinski definition) is 1. The summed E-state index contributed by atoms with van der Waals surface area (Å²) in [7, 11) is 0. The van der Waals surface area contributed by atoms with E-state index in [1.807, 2.05) is 54.3 Å². The van der Waals surface area contributed by atoms with Gasteiger partial charge in [0.05, 0.1) is 26.2 Å². The number of aromatic nitrogens is 1. The van der Waals surface area contributed by atoms with Crippen LogP contribution in [0.1, 0.15) is 21.8 Å². The fraction of sp³-hybridized carbons (Fsp3) is 0.300. The molecule has 4 rings (SSSR count). The quantitative estimate of drug-likeness (QED) is 0.792. The second-order valence-corrected chi connectivity index (χ2v) is 6.71. The topological polar surface area (TPSA) is 50.8 Å². The number of hydrogen-bond acceptors (Lipinski definition) is 3. The highest BCUT2D eigenvalue weighted by Gasteiger charge is 2.25. The van der Waals surface area contributed by atoms with Crippen molar-refractivity contribution < 1.29 is 14.2 Å². The molecular formula is C20H22N3O2+. The summed E-state index contributed by atoms with van der Waals surface area (Å²) in [5.41, 5.74) is 1.76. The molecule has 5 heteroatoms. The third-order valence-electron chi connectivity index (χ3n) is 4.86. The van der Waals surface area contributed by atoms with Crippen LogP contribution < -0.4 is 4.90 Å². The van der Waals surface area contributed by atoms with Gasteiger partial charge < -0.3 is 14.3 Å². The van der Waals surface area contributed by atoms with Gasteiger partial charge in [-0.2, -0.15) is 0 Å². The van der Waals surface area contributed by atoms with Crippen LogP contribution in [0.25, 0.3) is 10.8 Å². The highest BCUT2D eigenvalue weighted by molar-refractivity contribution is 5.98. The van der Waals surface area contributed by atoms with Gasteiger partial charge in [0, 0.05) is 11.6 Å². The first-order chi connectivity index (χ1) is 12.2. The third kappa shape index (κ3) is 3.42. The molecule has 1 N–H and O–H groups in total. The summed E-state index contributed by atoms with van der Waals surface area (Å²) in [5.74, 6) is 0.974. The molecule has 5 nitrogen and oxygen atoms in total. The van der Waals surface area contributed by atoms with E-state index in [2.05, 4.69) is 11.2 Å². The smallest absolute Gasteiger partial charge is 0.254 e. The molecule has 0 bridgehead atoms. The minimum atomic E-state index is 0.127. The van der Waals surface area contributed by atoms with Gasteiger partial charge in [-0.05, 0) is 29.8 Å². The predicted molar refractivity (Wildman–Crippen MR) is 95.5 cm³/mol. The summed E-state index contributed by atoms with van der Waals surface area (Å²) < 4.78 is 5.13. The number of fused-ring (bicyclic) bond motifs is 1. The number of carbonyl (C=O) groups is 1. The van der Waals surface area contributed by atoms with Gasteiger partial charge in [-0.15, -0.1) is 0 Å². The van der Waals surface area contributed by atoms with Crippen LogP contribution in [0.2, 0.25) is 0 Å². The van der Waals surface area contributed by atoms with E-state index in [9.17, 15) is 4.79 Å². The molecule has 0 radical (unpaired) electrons. The molecular weight excluding hydrogens is 314 g/mol. The fourth-order valence-electron chi connectivity index (χ4n) is 3.47. The average Bonchev–Trinajstić information content (AvgIpc) is 3.06. The maximum absolute atomic E-state index is 12.8. The number of rotatable bonds is 3. The number of nitrogens with zero attached hydrogens (tertiary/aromatic N) is 2. The average molecular weight is 336 g/mol. The van der Waals surface area contributed by atoms with Gasteiger partial charge in [-0.25, -0.2) is 0 Å². The Balaban J connectivity index is 1.40. The molecule has 1 amide bonds. The van der Waals surface area contributed by atoms with Crippen LogP contribution in [0.15, 0.2) is 53.1 Å². The summed E-state index contributed by atoms with van der Waals surface area (Å²) >= 11 is 0. The molecule has 2 aromatic carbocycles. The first-order valence-electron chi connectivity index (χ1n) is 8.73. The Morgan fingerprint density at radius 2 is 1.88 bits per heavy atom. The lowest BCUT2D eigenvalue weighted by Gasteiger charge is -2.32. The van der Waals surface area contributed by atoms with Gasteiger partial charge >= 0.3 is 0 Å². The van der Waals surface area contributed by atoms with E-state index >= 15 is 0 Å². The molecule has 1 aromatic heterocycles. The molecule has 0 atom stereocenters. The number of carbonyl (C=O) groups excluding carboxylic acids is 1. The zero-order valence-corrected chi connectivity index (χ0v) is 14.4. The van der Waals surface area contributed by atoms with Crippen molar-refractivity contribution in [3.63, 3.8) is 0 Å². The van der Waals surface area contributed by atoms with Gasteiger partial charge in [0.1, 0.15) is 18.0 Å². The van der Waals surface area contributed by atoms with Crippen LogP contribution in [-0.4, -0.2) is 42.1 Å². The third-order valence-corrected chi connectivity index (χ3v) is 4.86. The Morgan fingerprint density at radius 3 is 2.60 bits per heavy atom. The predicted octanol–water partition coefficient (Wildman–Crippen LogP) is 1.68. The Kier molecular flexibility index (Phi) is 4.24. The van der Waals surface area contributed by atoms with Crippen molar-refractivity contribution in [1.82, 2.24) is 10.1 Å². The Bertz CT molecular complexity index is 895. The van der Waals surface area contributed by atoms with Gasteiger partial charge in [0.2, 0.25) is 0 Å². The zero-order valence-electron chi connectivity index (χ0n) is 14.4. The van der Waals surface area contributed by atoms with E-state index in [0.717, 1.165) is 60.5 Å². The maximum atomic E-state index is 12.8. The van der Waals surface area contributed by atoms with Crippen LogP contribution in [0.5, 0.6) is 0 Å². The van der Waals surface area contributed by atoms with Crippen molar-refractivity contribution in [3.05, 3.63) is 65.5 Å². The normalized spacial score (nSPS) is 15.6. The monoisotopic (exact) mass is 336 g/mol. The minimum Gasteiger partial charge on any atom is -0.361 e. The summed E-state index contributed by atoms with van der Waals surface area (Å²) in [4.78, 5) is 16.2. The van der Waals surface area contributed by atoms with Gasteiger partial charge in [0.25, 0.3) is 5.91 Å². The van der Waals surface area contributed by atoms with Crippen molar-refractivity contribution >= 4 is 16.7 Å². The summed E-state index contributed by atoms with van der Waals surface area (Å²) in [6, 6.07) is 16.1. The second-order valence-electron chi connectivity index (χ2n) is 6.71. The highest BCUT2D eigenvalue weighted by Crippen LogP contribution is 2.17.